The number of hydrogen-bond acceptors (Lipinski definition) is 8. The number of rotatable bonds is 9. The van der Waals surface area contributed by atoms with E-state index < -0.39 is 16.5 Å². The van der Waals surface area contributed by atoms with Crippen LogP contribution in [0.1, 0.15) is 10.4 Å². The summed E-state index contributed by atoms with van der Waals surface area (Å²) in [5, 5.41) is 13.9. The lowest BCUT2D eigenvalue weighted by Gasteiger charge is -2.11. The third-order valence-electron chi connectivity index (χ3n) is 3.47. The highest BCUT2D eigenvalue weighted by Gasteiger charge is 2.24. The fourth-order valence-electron chi connectivity index (χ4n) is 2.17. The van der Waals surface area contributed by atoms with Gasteiger partial charge in [0.2, 0.25) is 5.88 Å². The number of nitro benzene ring substituents is 1. The van der Waals surface area contributed by atoms with Gasteiger partial charge in [-0.25, -0.2) is 4.98 Å². The third-order valence-corrected chi connectivity index (χ3v) is 3.47. The Labute approximate surface area is 155 Å². The second-order valence-electron chi connectivity index (χ2n) is 5.16. The molecule has 0 saturated heterocycles. The van der Waals surface area contributed by atoms with Gasteiger partial charge in [0.1, 0.15) is 12.2 Å². The van der Waals surface area contributed by atoms with Gasteiger partial charge in [-0.05, 0) is 6.07 Å². The lowest BCUT2D eigenvalue weighted by atomic mass is 10.1. The van der Waals surface area contributed by atoms with E-state index in [0.717, 1.165) is 6.07 Å². The first-order valence-corrected chi connectivity index (χ1v) is 7.79. The van der Waals surface area contributed by atoms with Crippen molar-refractivity contribution >= 4 is 17.3 Å². The zero-order valence-electron chi connectivity index (χ0n) is 15.1. The second-order valence-corrected chi connectivity index (χ2v) is 5.16. The van der Waals surface area contributed by atoms with Crippen molar-refractivity contribution in [3.05, 3.63) is 46.1 Å². The second kappa shape index (κ2) is 9.34. The molecule has 27 heavy (non-hydrogen) atoms. The van der Waals surface area contributed by atoms with Crippen LogP contribution in [0.2, 0.25) is 0 Å². The van der Waals surface area contributed by atoms with Gasteiger partial charge >= 0.3 is 0 Å². The average Bonchev–Trinajstić information content (AvgIpc) is 2.68. The van der Waals surface area contributed by atoms with Crippen LogP contribution in [0.3, 0.4) is 0 Å². The molecule has 10 nitrogen and oxygen atoms in total. The van der Waals surface area contributed by atoms with Crippen LogP contribution in [0, 0.1) is 10.1 Å². The molecule has 1 aromatic heterocycles. The molecule has 1 aromatic carbocycles. The van der Waals surface area contributed by atoms with Crippen molar-refractivity contribution in [3.63, 3.8) is 0 Å². The maximum atomic E-state index is 12.5. The summed E-state index contributed by atoms with van der Waals surface area (Å²) in [6, 6.07) is 5.52. The first-order chi connectivity index (χ1) is 13.0. The van der Waals surface area contributed by atoms with Crippen molar-refractivity contribution in [3.8, 4) is 17.4 Å². The Morgan fingerprint density at radius 1 is 1.15 bits per heavy atom. The first kappa shape index (κ1) is 19.9. The van der Waals surface area contributed by atoms with Crippen LogP contribution in [0.15, 0.2) is 30.5 Å². The van der Waals surface area contributed by atoms with Gasteiger partial charge in [-0.2, -0.15) is 0 Å². The highest BCUT2D eigenvalue weighted by atomic mass is 16.6. The maximum Gasteiger partial charge on any atom is 0.286 e. The Balaban J connectivity index is 2.20. The number of methoxy groups -OCH3 is 3. The number of aromatic nitrogens is 1. The van der Waals surface area contributed by atoms with Crippen LogP contribution in [-0.4, -0.2) is 50.4 Å². The van der Waals surface area contributed by atoms with Crippen LogP contribution in [0.4, 0.5) is 11.4 Å². The number of nitrogens with one attached hydrogen (secondary N) is 1. The van der Waals surface area contributed by atoms with Crippen molar-refractivity contribution in [2.24, 2.45) is 0 Å². The lowest BCUT2D eigenvalue weighted by molar-refractivity contribution is -0.385. The lowest BCUT2D eigenvalue weighted by Crippen LogP contribution is -2.15. The van der Waals surface area contributed by atoms with Crippen LogP contribution >= 0.6 is 0 Å². The Kier molecular flexibility index (Phi) is 6.89. The van der Waals surface area contributed by atoms with E-state index in [1.807, 2.05) is 0 Å². The minimum atomic E-state index is -0.683. The monoisotopic (exact) mass is 377 g/mol. The molecule has 1 heterocycles. The maximum absolute atomic E-state index is 12.5. The van der Waals surface area contributed by atoms with E-state index in [4.69, 9.17) is 18.9 Å². The molecule has 2 rings (SSSR count). The van der Waals surface area contributed by atoms with E-state index in [2.05, 4.69) is 10.3 Å². The number of anilines is 1. The molecule has 0 spiro atoms. The SMILES string of the molecule is COCCOc1ccc(NC(=O)c2cc(OC)c(OC)cc2[N+](=O)[O-])cn1. The normalized spacial score (nSPS) is 10.2. The van der Waals surface area contributed by atoms with E-state index in [-0.39, 0.29) is 17.1 Å². The predicted molar refractivity (Wildman–Crippen MR) is 95.8 cm³/mol. The van der Waals surface area contributed by atoms with Gasteiger partial charge in [-0.15, -0.1) is 0 Å². The summed E-state index contributed by atoms with van der Waals surface area (Å²) in [5.41, 5.74) is -0.223. The molecular weight excluding hydrogens is 358 g/mol. The number of hydrogen-bond donors (Lipinski definition) is 1. The number of nitro groups is 1. The molecule has 1 N–H and O–H groups in total. The number of amides is 1. The summed E-state index contributed by atoms with van der Waals surface area (Å²) in [7, 11) is 4.28. The minimum Gasteiger partial charge on any atom is -0.493 e. The standard InChI is InChI=1S/C17H19N3O7/c1-24-6-7-27-16-5-4-11(10-18-16)19-17(21)12-8-14(25-2)15(26-3)9-13(12)20(22)23/h4-5,8-10H,6-7H2,1-3H3,(H,19,21). The van der Waals surface area contributed by atoms with Gasteiger partial charge in [0.15, 0.2) is 11.5 Å². The zero-order chi connectivity index (χ0) is 19.8. The van der Waals surface area contributed by atoms with E-state index in [9.17, 15) is 14.9 Å². The molecule has 0 aliphatic carbocycles. The molecule has 0 radical (unpaired) electrons. The van der Waals surface area contributed by atoms with E-state index >= 15 is 0 Å². The zero-order valence-corrected chi connectivity index (χ0v) is 15.1. The Morgan fingerprint density at radius 3 is 2.41 bits per heavy atom. The summed E-state index contributed by atoms with van der Waals surface area (Å²) in [4.78, 5) is 27.2. The molecule has 0 bridgehead atoms. The summed E-state index contributed by atoms with van der Waals surface area (Å²) in [5.74, 6) is 0.0351. The third kappa shape index (κ3) is 5.05. The van der Waals surface area contributed by atoms with Crippen molar-refractivity contribution in [1.82, 2.24) is 4.98 Å². The fourth-order valence-corrected chi connectivity index (χ4v) is 2.17. The summed E-state index contributed by atoms with van der Waals surface area (Å²) in [6.45, 7) is 0.760. The molecule has 10 heteroatoms. The quantitative estimate of drug-likeness (QED) is 0.401. The molecule has 2 aromatic rings. The van der Waals surface area contributed by atoms with Crippen molar-refractivity contribution < 1.29 is 28.7 Å². The van der Waals surface area contributed by atoms with Gasteiger partial charge in [0, 0.05) is 19.2 Å². The number of nitrogens with zero attached hydrogens (tertiary/aromatic N) is 2. The summed E-state index contributed by atoms with van der Waals surface area (Å²) in [6.07, 6.45) is 1.38. The fraction of sp³-hybridized carbons (Fsp3) is 0.294. The van der Waals surface area contributed by atoms with E-state index in [1.165, 1.54) is 26.5 Å². The molecule has 0 aliphatic rings. The predicted octanol–water partition coefficient (Wildman–Crippen LogP) is 2.28. The molecule has 1 amide bonds. The number of pyridine rings is 1. The molecule has 144 valence electrons. The van der Waals surface area contributed by atoms with Crippen LogP contribution in [0.5, 0.6) is 17.4 Å². The molecule has 0 unspecified atom stereocenters. The topological polar surface area (TPSA) is 122 Å². The molecular formula is C17H19N3O7. The smallest absolute Gasteiger partial charge is 0.286 e. The van der Waals surface area contributed by atoms with Gasteiger partial charge in [0.25, 0.3) is 11.6 Å². The van der Waals surface area contributed by atoms with Crippen molar-refractivity contribution in [2.45, 2.75) is 0 Å². The summed E-state index contributed by atoms with van der Waals surface area (Å²) < 4.78 is 20.3. The Hall–Kier alpha value is -3.40. The number of benzene rings is 1. The van der Waals surface area contributed by atoms with E-state index in [0.29, 0.717) is 24.8 Å². The molecule has 0 aliphatic heterocycles. The number of carbonyl (C=O) groups excluding carboxylic acids is 1. The first-order valence-electron chi connectivity index (χ1n) is 7.79. The van der Waals surface area contributed by atoms with Crippen LogP contribution in [0.25, 0.3) is 0 Å². The highest BCUT2D eigenvalue weighted by molar-refractivity contribution is 6.07. The van der Waals surface area contributed by atoms with Crippen molar-refractivity contribution in [1.29, 1.82) is 0 Å². The average molecular weight is 377 g/mol. The highest BCUT2D eigenvalue weighted by Crippen LogP contribution is 2.34. The van der Waals surface area contributed by atoms with Crippen LogP contribution < -0.4 is 19.5 Å². The Morgan fingerprint density at radius 2 is 1.85 bits per heavy atom. The van der Waals surface area contributed by atoms with Gasteiger partial charge < -0.3 is 24.3 Å². The van der Waals surface area contributed by atoms with Gasteiger partial charge in [0.05, 0.1) is 43.7 Å². The summed E-state index contributed by atoms with van der Waals surface area (Å²) >= 11 is 0. The molecule has 0 fully saturated rings. The number of ether oxygens (including phenoxy) is 4. The van der Waals surface area contributed by atoms with Crippen LogP contribution in [-0.2, 0) is 4.74 Å². The van der Waals surface area contributed by atoms with Crippen molar-refractivity contribution in [2.75, 3.05) is 39.9 Å². The largest absolute Gasteiger partial charge is 0.493 e. The number of carbonyl (C=O) groups is 1. The van der Waals surface area contributed by atoms with Gasteiger partial charge in [-0.3, -0.25) is 14.9 Å². The molecule has 0 atom stereocenters. The molecule has 0 saturated carbocycles. The van der Waals surface area contributed by atoms with Gasteiger partial charge in [-0.1, -0.05) is 0 Å². The Bertz CT molecular complexity index is 809. The minimum absolute atomic E-state index is 0.153. The van der Waals surface area contributed by atoms with E-state index in [1.54, 1.807) is 19.2 Å².